The van der Waals surface area contributed by atoms with Crippen LogP contribution in [0, 0.1) is 24.0 Å². The van der Waals surface area contributed by atoms with Crippen LogP contribution in [0.4, 0.5) is 11.4 Å². The predicted octanol–water partition coefficient (Wildman–Crippen LogP) is 3.43. The minimum Gasteiger partial charge on any atom is -0.462 e. The van der Waals surface area contributed by atoms with Crippen molar-refractivity contribution in [2.45, 2.75) is 27.7 Å². The number of hydrazone groups is 1. The van der Waals surface area contributed by atoms with E-state index in [9.17, 15) is 14.9 Å². The van der Waals surface area contributed by atoms with Crippen molar-refractivity contribution in [3.63, 3.8) is 0 Å². The minimum absolute atomic E-state index is 0.0951. The Labute approximate surface area is 167 Å². The van der Waals surface area contributed by atoms with Gasteiger partial charge in [-0.2, -0.15) is 5.10 Å². The molecule has 0 fully saturated rings. The maximum absolute atomic E-state index is 12.1. The van der Waals surface area contributed by atoms with Crippen LogP contribution in [-0.2, 0) is 4.74 Å². The molecule has 1 aromatic carbocycles. The number of hydrogen-bond donors (Lipinski definition) is 3. The Hall–Kier alpha value is -3.27. The second kappa shape index (κ2) is 9.09. The molecule has 0 amide bonds. The van der Waals surface area contributed by atoms with E-state index in [0.717, 1.165) is 5.56 Å². The van der Waals surface area contributed by atoms with Gasteiger partial charge in [-0.15, -0.1) is 0 Å². The molecule has 9 nitrogen and oxygen atoms in total. The van der Waals surface area contributed by atoms with E-state index in [0.29, 0.717) is 29.3 Å². The number of carbonyl (C=O) groups is 1. The fraction of sp³-hybridized carbons (Fsp3) is 0.278. The molecular weight excluding hydrogens is 382 g/mol. The third kappa shape index (κ3) is 4.71. The fourth-order valence-corrected chi connectivity index (χ4v) is 2.86. The number of rotatable bonds is 6. The Morgan fingerprint density at radius 2 is 2.04 bits per heavy atom. The summed E-state index contributed by atoms with van der Waals surface area (Å²) in [4.78, 5) is 25.8. The van der Waals surface area contributed by atoms with E-state index >= 15 is 0 Å². The maximum atomic E-state index is 12.1. The normalized spacial score (nSPS) is 11.1. The van der Waals surface area contributed by atoms with Gasteiger partial charge in [0, 0.05) is 11.8 Å². The molecule has 0 atom stereocenters. The van der Waals surface area contributed by atoms with Crippen molar-refractivity contribution in [2.75, 3.05) is 11.9 Å². The summed E-state index contributed by atoms with van der Waals surface area (Å²) in [5.74, 6) is -0.394. The largest absolute Gasteiger partial charge is 0.462 e. The number of carbonyl (C=O) groups excluding carboxylic acids is 1. The zero-order valence-electron chi connectivity index (χ0n) is 16.0. The van der Waals surface area contributed by atoms with E-state index in [2.05, 4.69) is 20.8 Å². The molecule has 0 spiro atoms. The lowest BCUT2D eigenvalue weighted by Gasteiger charge is -2.08. The van der Waals surface area contributed by atoms with Crippen molar-refractivity contribution < 1.29 is 14.5 Å². The number of aromatic amines is 1. The fourth-order valence-electron chi connectivity index (χ4n) is 2.70. The van der Waals surface area contributed by atoms with Crippen LogP contribution in [0.3, 0.4) is 0 Å². The number of para-hydroxylation sites is 2. The van der Waals surface area contributed by atoms with E-state index in [4.69, 9.17) is 17.0 Å². The quantitative estimate of drug-likeness (QED) is 0.222. The van der Waals surface area contributed by atoms with Gasteiger partial charge in [-0.25, -0.2) is 4.79 Å². The summed E-state index contributed by atoms with van der Waals surface area (Å²) in [6, 6.07) is 6.16. The average molecular weight is 403 g/mol. The van der Waals surface area contributed by atoms with Gasteiger partial charge in [0.15, 0.2) is 5.11 Å². The number of esters is 1. The Kier molecular flexibility index (Phi) is 6.83. The molecule has 0 saturated carbocycles. The van der Waals surface area contributed by atoms with E-state index < -0.39 is 10.9 Å². The Bertz CT molecular complexity index is 951. The van der Waals surface area contributed by atoms with Crippen molar-refractivity contribution in [2.24, 2.45) is 5.10 Å². The summed E-state index contributed by atoms with van der Waals surface area (Å²) >= 11 is 5.15. The highest BCUT2D eigenvalue weighted by atomic mass is 32.1. The summed E-state index contributed by atoms with van der Waals surface area (Å²) < 4.78 is 5.08. The molecular formula is C18H21N5O4S. The van der Waals surface area contributed by atoms with E-state index in [1.165, 1.54) is 6.07 Å². The molecule has 3 N–H and O–H groups in total. The molecule has 0 bridgehead atoms. The second-order valence-corrected chi connectivity index (χ2v) is 6.29. The number of hydrogen-bond acceptors (Lipinski definition) is 6. The first-order valence-corrected chi connectivity index (χ1v) is 8.88. The van der Waals surface area contributed by atoms with Crippen LogP contribution < -0.4 is 10.7 Å². The molecule has 0 unspecified atom stereocenters. The number of nitro groups is 1. The lowest BCUT2D eigenvalue weighted by Crippen LogP contribution is -2.25. The minimum atomic E-state index is -0.499. The number of nitrogens with zero attached hydrogens (tertiary/aromatic N) is 2. The number of anilines is 1. The van der Waals surface area contributed by atoms with Gasteiger partial charge >= 0.3 is 5.97 Å². The number of aromatic nitrogens is 1. The highest BCUT2D eigenvalue weighted by Crippen LogP contribution is 2.23. The van der Waals surface area contributed by atoms with Crippen molar-refractivity contribution in [1.29, 1.82) is 0 Å². The number of aryl methyl sites for hydroxylation is 1. The highest BCUT2D eigenvalue weighted by molar-refractivity contribution is 7.80. The molecule has 28 heavy (non-hydrogen) atoms. The molecule has 0 aliphatic rings. The number of nitrogens with one attached hydrogen (secondary N) is 3. The van der Waals surface area contributed by atoms with Crippen LogP contribution in [0.1, 0.15) is 41.2 Å². The Balaban J connectivity index is 2.15. The zero-order valence-corrected chi connectivity index (χ0v) is 16.8. The maximum Gasteiger partial charge on any atom is 0.340 e. The van der Waals surface area contributed by atoms with Crippen LogP contribution in [0.2, 0.25) is 0 Å². The lowest BCUT2D eigenvalue weighted by molar-refractivity contribution is -0.383. The van der Waals surface area contributed by atoms with E-state index in [1.807, 2.05) is 0 Å². The summed E-state index contributed by atoms with van der Waals surface area (Å²) in [6.45, 7) is 7.36. The molecule has 0 aliphatic heterocycles. The highest BCUT2D eigenvalue weighted by Gasteiger charge is 2.20. The third-order valence-electron chi connectivity index (χ3n) is 3.95. The van der Waals surface area contributed by atoms with Crippen LogP contribution in [0.25, 0.3) is 0 Å². The average Bonchev–Trinajstić information content (AvgIpc) is 2.94. The van der Waals surface area contributed by atoms with Crippen LogP contribution in [0.5, 0.6) is 0 Å². The molecule has 2 rings (SSSR count). The molecule has 10 heteroatoms. The molecule has 0 aliphatic carbocycles. The van der Waals surface area contributed by atoms with Crippen LogP contribution in [0.15, 0.2) is 29.4 Å². The predicted molar refractivity (Wildman–Crippen MR) is 111 cm³/mol. The van der Waals surface area contributed by atoms with Gasteiger partial charge in [-0.3, -0.25) is 15.5 Å². The van der Waals surface area contributed by atoms with Crippen molar-refractivity contribution in [3.8, 4) is 0 Å². The molecule has 0 saturated heterocycles. The third-order valence-corrected chi connectivity index (χ3v) is 4.15. The number of H-pyrrole nitrogens is 1. The van der Waals surface area contributed by atoms with Crippen molar-refractivity contribution >= 4 is 40.4 Å². The van der Waals surface area contributed by atoms with Gasteiger partial charge in [0.1, 0.15) is 5.69 Å². The molecule has 1 aromatic heterocycles. The lowest BCUT2D eigenvalue weighted by atomic mass is 10.1. The van der Waals surface area contributed by atoms with Gasteiger partial charge in [0.25, 0.3) is 5.69 Å². The second-order valence-electron chi connectivity index (χ2n) is 5.88. The van der Waals surface area contributed by atoms with Crippen molar-refractivity contribution in [1.82, 2.24) is 10.4 Å². The molecule has 1 heterocycles. The van der Waals surface area contributed by atoms with Gasteiger partial charge < -0.3 is 15.0 Å². The molecule has 0 radical (unpaired) electrons. The number of benzene rings is 1. The number of thiocarbonyl (C=S) groups is 1. The van der Waals surface area contributed by atoms with E-state index in [-0.39, 0.29) is 16.5 Å². The van der Waals surface area contributed by atoms with Gasteiger partial charge in [0.05, 0.1) is 28.5 Å². The number of ether oxygens (including phenoxy) is 1. The monoisotopic (exact) mass is 403 g/mol. The Morgan fingerprint density at radius 1 is 1.36 bits per heavy atom. The van der Waals surface area contributed by atoms with Gasteiger partial charge in [-0.1, -0.05) is 12.1 Å². The van der Waals surface area contributed by atoms with Crippen molar-refractivity contribution in [3.05, 3.63) is 56.9 Å². The topological polar surface area (TPSA) is 122 Å². The van der Waals surface area contributed by atoms with Gasteiger partial charge in [0.2, 0.25) is 0 Å². The first kappa shape index (κ1) is 21.0. The summed E-state index contributed by atoms with van der Waals surface area (Å²) in [5, 5.41) is 18.1. The first-order chi connectivity index (χ1) is 13.3. The zero-order chi connectivity index (χ0) is 20.8. The summed E-state index contributed by atoms with van der Waals surface area (Å²) in [7, 11) is 0. The first-order valence-electron chi connectivity index (χ1n) is 8.47. The number of nitro benzene ring substituents is 1. The van der Waals surface area contributed by atoms with Gasteiger partial charge in [-0.05, 0) is 51.5 Å². The standard InChI is InChI=1S/C18H21N5O4S/c1-5-27-17(24)15-10(2)16(19-11(15)3)12(4)21-22-18(28)20-13-8-6-7-9-14(13)23(25)26/h6-9,19H,5H2,1-4H3,(H2,20,22,28)/b21-12+. The smallest absolute Gasteiger partial charge is 0.340 e. The molecule has 2 aromatic rings. The summed E-state index contributed by atoms with van der Waals surface area (Å²) in [5.41, 5.74) is 5.92. The Morgan fingerprint density at radius 3 is 2.68 bits per heavy atom. The van der Waals surface area contributed by atoms with Crippen LogP contribution >= 0.6 is 12.2 Å². The van der Waals surface area contributed by atoms with Crippen LogP contribution in [-0.4, -0.2) is 33.3 Å². The molecule has 148 valence electrons. The van der Waals surface area contributed by atoms with E-state index in [1.54, 1.807) is 45.9 Å². The SMILES string of the molecule is CCOC(=O)c1c(C)[nH]c(/C(C)=N/NC(=S)Nc2ccccc2[N+](=O)[O-])c1C. The summed E-state index contributed by atoms with van der Waals surface area (Å²) in [6.07, 6.45) is 0.